The van der Waals surface area contributed by atoms with E-state index in [4.69, 9.17) is 4.74 Å². The van der Waals surface area contributed by atoms with Crippen molar-refractivity contribution in [3.63, 3.8) is 0 Å². The molecular weight excluding hydrogens is 415 g/mol. The van der Waals surface area contributed by atoms with E-state index in [1.54, 1.807) is 31.4 Å². The number of amides is 2. The molecule has 0 atom stereocenters. The van der Waals surface area contributed by atoms with Gasteiger partial charge in [0.1, 0.15) is 11.6 Å². The Morgan fingerprint density at radius 2 is 1.77 bits per heavy atom. The highest BCUT2D eigenvalue weighted by molar-refractivity contribution is 8.18. The number of thioether (sulfide) groups is 1. The maximum Gasteiger partial charge on any atom is 0.293 e. The predicted molar refractivity (Wildman–Crippen MR) is 120 cm³/mol. The maximum absolute atomic E-state index is 14.0. The Hall–Kier alpha value is -3.32. The number of carbonyl (C=O) groups is 2. The number of aromatic nitrogens is 1. The van der Waals surface area contributed by atoms with E-state index in [1.807, 2.05) is 48.7 Å². The molecule has 2 aromatic carbocycles. The van der Waals surface area contributed by atoms with Crippen molar-refractivity contribution in [2.24, 2.45) is 0 Å². The average molecular weight is 437 g/mol. The van der Waals surface area contributed by atoms with E-state index in [0.29, 0.717) is 10.5 Å². The summed E-state index contributed by atoms with van der Waals surface area (Å²) < 4.78 is 21.5. The number of aryl methyl sites for hydroxylation is 1. The molecule has 0 bridgehead atoms. The fourth-order valence-electron chi connectivity index (χ4n) is 3.69. The zero-order valence-electron chi connectivity index (χ0n) is 17.4. The standard InChI is InChI=1S/C24H21FN2O3S/c1-15-12-18(16(2)27(15)20-10-6-7-11-21(20)30-3)13-22-23(28)26(24(29)31-22)14-17-8-4-5-9-19(17)25/h4-13H,14H2,1-3H3/b22-13-. The lowest BCUT2D eigenvalue weighted by atomic mass is 10.2. The lowest BCUT2D eigenvalue weighted by Gasteiger charge is -2.13. The summed E-state index contributed by atoms with van der Waals surface area (Å²) in [5.74, 6) is -0.118. The van der Waals surface area contributed by atoms with Crippen LogP contribution < -0.4 is 4.74 Å². The molecule has 0 aliphatic carbocycles. The van der Waals surface area contributed by atoms with Crippen LogP contribution in [0.2, 0.25) is 0 Å². The van der Waals surface area contributed by atoms with Crippen molar-refractivity contribution in [1.29, 1.82) is 0 Å². The van der Waals surface area contributed by atoms with E-state index in [-0.39, 0.29) is 6.54 Å². The second-order valence-electron chi connectivity index (χ2n) is 7.19. The SMILES string of the molecule is COc1ccccc1-n1c(C)cc(/C=C2\SC(=O)N(Cc3ccccc3F)C2=O)c1C. The van der Waals surface area contributed by atoms with E-state index >= 15 is 0 Å². The molecule has 4 rings (SSSR count). The van der Waals surface area contributed by atoms with E-state index in [9.17, 15) is 14.0 Å². The van der Waals surface area contributed by atoms with E-state index in [0.717, 1.165) is 45.1 Å². The molecule has 0 spiro atoms. The fourth-order valence-corrected chi connectivity index (χ4v) is 4.52. The normalized spacial score (nSPS) is 15.2. The third-order valence-corrected chi connectivity index (χ3v) is 6.15. The molecule has 0 saturated carbocycles. The highest BCUT2D eigenvalue weighted by Gasteiger charge is 2.35. The zero-order valence-corrected chi connectivity index (χ0v) is 18.2. The van der Waals surface area contributed by atoms with Crippen molar-refractivity contribution in [2.45, 2.75) is 20.4 Å². The van der Waals surface area contributed by atoms with Crippen LogP contribution in [-0.4, -0.2) is 27.7 Å². The molecule has 31 heavy (non-hydrogen) atoms. The lowest BCUT2D eigenvalue weighted by molar-refractivity contribution is -0.123. The molecule has 0 N–H and O–H groups in total. The number of nitrogens with zero attached hydrogens (tertiary/aromatic N) is 2. The molecule has 3 aromatic rings. The second-order valence-corrected chi connectivity index (χ2v) is 8.19. The smallest absolute Gasteiger partial charge is 0.293 e. The van der Waals surface area contributed by atoms with Crippen LogP contribution in [0.5, 0.6) is 5.75 Å². The first kappa shape index (κ1) is 20.9. The van der Waals surface area contributed by atoms with Gasteiger partial charge in [0, 0.05) is 17.0 Å². The van der Waals surface area contributed by atoms with Gasteiger partial charge in [-0.05, 0) is 61.5 Å². The van der Waals surface area contributed by atoms with Crippen LogP contribution in [-0.2, 0) is 11.3 Å². The van der Waals surface area contributed by atoms with Crippen LogP contribution in [0.1, 0.15) is 22.5 Å². The van der Waals surface area contributed by atoms with Gasteiger partial charge in [-0.3, -0.25) is 14.5 Å². The molecular formula is C24H21FN2O3S. The molecule has 1 aromatic heterocycles. The molecule has 1 saturated heterocycles. The van der Waals surface area contributed by atoms with Crippen molar-refractivity contribution < 1.29 is 18.7 Å². The van der Waals surface area contributed by atoms with E-state index < -0.39 is 17.0 Å². The predicted octanol–water partition coefficient (Wildman–Crippen LogP) is 5.48. The van der Waals surface area contributed by atoms with Gasteiger partial charge in [-0.25, -0.2) is 4.39 Å². The van der Waals surface area contributed by atoms with Gasteiger partial charge in [0.05, 0.1) is 24.2 Å². The first-order chi connectivity index (χ1) is 14.9. The Bertz CT molecular complexity index is 1220. The molecule has 7 heteroatoms. The van der Waals surface area contributed by atoms with Crippen LogP contribution in [0.25, 0.3) is 11.8 Å². The molecule has 2 heterocycles. The van der Waals surface area contributed by atoms with Crippen LogP contribution in [0, 0.1) is 19.7 Å². The summed E-state index contributed by atoms with van der Waals surface area (Å²) >= 11 is 0.871. The highest BCUT2D eigenvalue weighted by Crippen LogP contribution is 2.35. The molecule has 158 valence electrons. The van der Waals surface area contributed by atoms with Crippen molar-refractivity contribution in [2.75, 3.05) is 7.11 Å². The zero-order chi connectivity index (χ0) is 22.1. The summed E-state index contributed by atoms with van der Waals surface area (Å²) in [6.07, 6.45) is 1.72. The minimum absolute atomic E-state index is 0.0884. The number of imide groups is 1. The molecule has 1 fully saturated rings. The second kappa shape index (κ2) is 8.43. The van der Waals surface area contributed by atoms with Crippen molar-refractivity contribution in [3.05, 3.63) is 87.8 Å². The minimum Gasteiger partial charge on any atom is -0.495 e. The van der Waals surface area contributed by atoms with Crippen molar-refractivity contribution in [3.8, 4) is 11.4 Å². The average Bonchev–Trinajstić information content (AvgIpc) is 3.18. The van der Waals surface area contributed by atoms with Crippen LogP contribution >= 0.6 is 11.8 Å². The molecule has 2 amide bonds. The van der Waals surface area contributed by atoms with Gasteiger partial charge in [0.15, 0.2) is 0 Å². The number of benzene rings is 2. The maximum atomic E-state index is 14.0. The van der Waals surface area contributed by atoms with Crippen LogP contribution in [0.15, 0.2) is 59.5 Å². The first-order valence-corrected chi connectivity index (χ1v) is 10.5. The third kappa shape index (κ3) is 3.88. The summed E-state index contributed by atoms with van der Waals surface area (Å²) in [6, 6.07) is 15.8. The molecule has 1 aliphatic rings. The number of ether oxygens (including phenoxy) is 1. The molecule has 1 aliphatic heterocycles. The number of rotatable bonds is 5. The Labute approximate surface area is 184 Å². The number of hydrogen-bond acceptors (Lipinski definition) is 4. The van der Waals surface area contributed by atoms with Gasteiger partial charge in [-0.1, -0.05) is 30.3 Å². The van der Waals surface area contributed by atoms with Crippen molar-refractivity contribution >= 4 is 29.0 Å². The number of halogens is 1. The summed E-state index contributed by atoms with van der Waals surface area (Å²) in [5.41, 5.74) is 3.93. The third-order valence-electron chi connectivity index (χ3n) is 5.24. The Balaban J connectivity index is 1.66. The van der Waals surface area contributed by atoms with Gasteiger partial charge >= 0.3 is 0 Å². The number of hydrogen-bond donors (Lipinski definition) is 0. The monoisotopic (exact) mass is 436 g/mol. The minimum atomic E-state index is -0.439. The first-order valence-electron chi connectivity index (χ1n) is 9.72. The largest absolute Gasteiger partial charge is 0.495 e. The molecule has 0 radical (unpaired) electrons. The number of methoxy groups -OCH3 is 1. The van der Waals surface area contributed by atoms with E-state index in [2.05, 4.69) is 0 Å². The Morgan fingerprint density at radius 1 is 1.06 bits per heavy atom. The van der Waals surface area contributed by atoms with Crippen molar-refractivity contribution in [1.82, 2.24) is 9.47 Å². The highest BCUT2D eigenvalue weighted by atomic mass is 32.2. The Morgan fingerprint density at radius 3 is 2.52 bits per heavy atom. The molecule has 5 nitrogen and oxygen atoms in total. The van der Waals surface area contributed by atoms with Gasteiger partial charge in [-0.15, -0.1) is 0 Å². The quantitative estimate of drug-likeness (QED) is 0.497. The van der Waals surface area contributed by atoms with Gasteiger partial charge < -0.3 is 9.30 Å². The fraction of sp³-hybridized carbons (Fsp3) is 0.167. The van der Waals surface area contributed by atoms with E-state index in [1.165, 1.54) is 6.07 Å². The summed E-state index contributed by atoms with van der Waals surface area (Å²) in [5, 5.41) is -0.405. The van der Waals surface area contributed by atoms with Crippen LogP contribution in [0.3, 0.4) is 0 Å². The lowest BCUT2D eigenvalue weighted by Crippen LogP contribution is -2.27. The number of carbonyl (C=O) groups excluding carboxylic acids is 2. The van der Waals surface area contributed by atoms with Crippen LogP contribution in [0.4, 0.5) is 9.18 Å². The van der Waals surface area contributed by atoms with Gasteiger partial charge in [0.2, 0.25) is 0 Å². The van der Waals surface area contributed by atoms with Gasteiger partial charge in [-0.2, -0.15) is 0 Å². The van der Waals surface area contributed by atoms with Gasteiger partial charge in [0.25, 0.3) is 11.1 Å². The topological polar surface area (TPSA) is 51.5 Å². The Kier molecular flexibility index (Phi) is 5.69. The summed E-state index contributed by atoms with van der Waals surface area (Å²) in [6.45, 7) is 3.84. The number of para-hydroxylation sites is 2. The summed E-state index contributed by atoms with van der Waals surface area (Å²) in [4.78, 5) is 26.7. The molecule has 0 unspecified atom stereocenters. The summed E-state index contributed by atoms with van der Waals surface area (Å²) in [7, 11) is 1.62.